The molecule has 4 nitrogen and oxygen atoms in total. The average molecular weight is 226 g/mol. The van der Waals surface area contributed by atoms with Crippen molar-refractivity contribution >= 4 is 11.3 Å². The van der Waals surface area contributed by atoms with E-state index < -0.39 is 0 Å². The van der Waals surface area contributed by atoms with E-state index in [0.717, 1.165) is 11.3 Å². The fraction of sp³-hybridized carbons (Fsp3) is 0.111. The van der Waals surface area contributed by atoms with Gasteiger partial charge in [0.15, 0.2) is 0 Å². The van der Waals surface area contributed by atoms with Crippen LogP contribution in [0.1, 0.15) is 5.01 Å². The van der Waals surface area contributed by atoms with E-state index in [-0.39, 0.29) is 17.6 Å². The van der Waals surface area contributed by atoms with Crippen molar-refractivity contribution in [3.63, 3.8) is 0 Å². The van der Waals surface area contributed by atoms with E-state index in [1.54, 1.807) is 12.1 Å². The maximum Gasteiger partial charge on any atom is 0.299 e. The number of rotatable bonds is 3. The first-order valence-electron chi connectivity index (χ1n) is 4.14. The van der Waals surface area contributed by atoms with Gasteiger partial charge in [-0.1, -0.05) is 22.5 Å². The van der Waals surface area contributed by atoms with Crippen molar-refractivity contribution in [2.45, 2.75) is 6.61 Å². The van der Waals surface area contributed by atoms with Gasteiger partial charge in [-0.3, -0.25) is 0 Å². The number of hydrogen-bond acceptors (Lipinski definition) is 5. The topological polar surface area (TPSA) is 55.2 Å². The van der Waals surface area contributed by atoms with Gasteiger partial charge in [-0.05, 0) is 12.1 Å². The molecule has 0 unspecified atom stereocenters. The number of halogens is 1. The third-order valence-corrected chi connectivity index (χ3v) is 2.37. The van der Waals surface area contributed by atoms with Crippen LogP contribution in [0.4, 0.5) is 4.39 Å². The van der Waals surface area contributed by atoms with E-state index in [2.05, 4.69) is 10.2 Å². The van der Waals surface area contributed by atoms with Gasteiger partial charge in [-0.15, -0.1) is 5.10 Å². The van der Waals surface area contributed by atoms with Gasteiger partial charge >= 0.3 is 0 Å². The Balaban J connectivity index is 2.14. The quantitative estimate of drug-likeness (QED) is 0.869. The molecule has 0 atom stereocenters. The van der Waals surface area contributed by atoms with E-state index in [1.165, 1.54) is 12.1 Å². The van der Waals surface area contributed by atoms with Crippen LogP contribution in [0.15, 0.2) is 24.3 Å². The molecule has 1 aromatic carbocycles. The van der Waals surface area contributed by atoms with Crippen LogP contribution in [-0.2, 0) is 6.61 Å². The fourth-order valence-electron chi connectivity index (χ4n) is 0.975. The van der Waals surface area contributed by atoms with Crippen molar-refractivity contribution in [2.75, 3.05) is 0 Å². The maximum atomic E-state index is 12.8. The molecule has 78 valence electrons. The summed E-state index contributed by atoms with van der Waals surface area (Å²) in [6.07, 6.45) is 0. The van der Waals surface area contributed by atoms with E-state index in [1.807, 2.05) is 0 Å². The first-order chi connectivity index (χ1) is 7.28. The highest BCUT2D eigenvalue weighted by Crippen LogP contribution is 2.24. The monoisotopic (exact) mass is 226 g/mol. The van der Waals surface area contributed by atoms with Gasteiger partial charge in [0.2, 0.25) is 0 Å². The molecule has 1 aromatic heterocycles. The summed E-state index contributed by atoms with van der Waals surface area (Å²) in [5.41, 5.74) is 0. The molecule has 0 aliphatic carbocycles. The van der Waals surface area contributed by atoms with Gasteiger partial charge in [0, 0.05) is 6.07 Å². The van der Waals surface area contributed by atoms with Gasteiger partial charge in [0.05, 0.1) is 6.61 Å². The molecule has 1 N–H and O–H groups in total. The lowest BCUT2D eigenvalue weighted by Gasteiger charge is -1.99. The molecule has 2 aromatic rings. The first-order valence-corrected chi connectivity index (χ1v) is 4.96. The summed E-state index contributed by atoms with van der Waals surface area (Å²) in [6, 6.07) is 5.73. The standard InChI is InChI=1S/C9H7FN2O2S/c10-6-2-1-3-7(4-6)14-9-12-11-8(5-13)15-9/h1-4,13H,5H2. The molecule has 6 heteroatoms. The second-order valence-corrected chi connectivity index (χ2v) is 3.70. The molecule has 15 heavy (non-hydrogen) atoms. The summed E-state index contributed by atoms with van der Waals surface area (Å²) in [4.78, 5) is 0. The van der Waals surface area contributed by atoms with Crippen LogP contribution in [0.2, 0.25) is 0 Å². The lowest BCUT2D eigenvalue weighted by Crippen LogP contribution is -1.84. The van der Waals surface area contributed by atoms with Gasteiger partial charge in [0.1, 0.15) is 16.6 Å². The Hall–Kier alpha value is -1.53. The highest BCUT2D eigenvalue weighted by Gasteiger charge is 2.05. The molecule has 0 fully saturated rings. The van der Waals surface area contributed by atoms with Crippen LogP contribution in [-0.4, -0.2) is 15.3 Å². The predicted octanol–water partition coefficient (Wildman–Crippen LogP) is 1.96. The van der Waals surface area contributed by atoms with Crippen molar-refractivity contribution in [1.29, 1.82) is 0 Å². The van der Waals surface area contributed by atoms with Gasteiger partial charge in [0.25, 0.3) is 5.19 Å². The molecule has 0 aliphatic heterocycles. The smallest absolute Gasteiger partial charge is 0.299 e. The van der Waals surface area contributed by atoms with E-state index >= 15 is 0 Å². The Labute approximate surface area is 89.0 Å². The van der Waals surface area contributed by atoms with Crippen LogP contribution in [0, 0.1) is 5.82 Å². The number of aromatic nitrogens is 2. The fourth-order valence-corrected chi connectivity index (χ4v) is 1.54. The summed E-state index contributed by atoms with van der Waals surface area (Å²) in [6.45, 7) is -0.176. The Morgan fingerprint density at radius 1 is 1.40 bits per heavy atom. The molecule has 0 saturated carbocycles. The number of aliphatic hydroxyl groups excluding tert-OH is 1. The molecule has 0 aliphatic rings. The highest BCUT2D eigenvalue weighted by atomic mass is 32.1. The zero-order valence-corrected chi connectivity index (χ0v) is 8.37. The minimum Gasteiger partial charge on any atom is -0.430 e. The SMILES string of the molecule is OCc1nnc(Oc2cccc(F)c2)s1. The van der Waals surface area contributed by atoms with Crippen LogP contribution in [0.5, 0.6) is 10.9 Å². The molecule has 0 saturated heterocycles. The van der Waals surface area contributed by atoms with Crippen LogP contribution in [0.3, 0.4) is 0 Å². The van der Waals surface area contributed by atoms with Crippen molar-refractivity contribution in [3.05, 3.63) is 35.1 Å². The Bertz CT molecular complexity index is 461. The summed E-state index contributed by atoms with van der Waals surface area (Å²) in [7, 11) is 0. The molecular weight excluding hydrogens is 219 g/mol. The number of nitrogens with zero attached hydrogens (tertiary/aromatic N) is 2. The summed E-state index contributed by atoms with van der Waals surface area (Å²) in [5.74, 6) is -0.0185. The average Bonchev–Trinajstić information content (AvgIpc) is 2.65. The highest BCUT2D eigenvalue weighted by molar-refractivity contribution is 7.13. The zero-order chi connectivity index (χ0) is 10.7. The van der Waals surface area contributed by atoms with Gasteiger partial charge in [-0.2, -0.15) is 0 Å². The third-order valence-electron chi connectivity index (χ3n) is 1.58. The number of aliphatic hydroxyl groups is 1. The second-order valence-electron chi connectivity index (χ2n) is 2.68. The first kappa shape index (κ1) is 10.0. The summed E-state index contributed by atoms with van der Waals surface area (Å²) >= 11 is 1.12. The second kappa shape index (κ2) is 4.33. The number of benzene rings is 1. The lowest BCUT2D eigenvalue weighted by atomic mass is 10.3. The largest absolute Gasteiger partial charge is 0.430 e. The van der Waals surface area contributed by atoms with Gasteiger partial charge in [-0.25, -0.2) is 4.39 Å². The van der Waals surface area contributed by atoms with Crippen molar-refractivity contribution < 1.29 is 14.2 Å². The third kappa shape index (κ3) is 2.48. The Morgan fingerprint density at radius 2 is 2.27 bits per heavy atom. The summed E-state index contributed by atoms with van der Waals surface area (Å²) in [5, 5.41) is 16.8. The Kier molecular flexibility index (Phi) is 2.89. The van der Waals surface area contributed by atoms with Crippen molar-refractivity contribution in [3.8, 4) is 10.9 Å². The zero-order valence-electron chi connectivity index (χ0n) is 7.55. The van der Waals surface area contributed by atoms with E-state index in [4.69, 9.17) is 9.84 Å². The summed E-state index contributed by atoms with van der Waals surface area (Å²) < 4.78 is 18.0. The minimum absolute atomic E-state index is 0.176. The molecule has 0 bridgehead atoms. The van der Waals surface area contributed by atoms with Crippen molar-refractivity contribution in [2.24, 2.45) is 0 Å². The van der Waals surface area contributed by atoms with E-state index in [9.17, 15) is 4.39 Å². The van der Waals surface area contributed by atoms with Crippen LogP contribution >= 0.6 is 11.3 Å². The molecular formula is C9H7FN2O2S. The lowest BCUT2D eigenvalue weighted by molar-refractivity contribution is 0.280. The van der Waals surface area contributed by atoms with Gasteiger partial charge < -0.3 is 9.84 Å². The van der Waals surface area contributed by atoms with Crippen molar-refractivity contribution in [1.82, 2.24) is 10.2 Å². The van der Waals surface area contributed by atoms with E-state index in [0.29, 0.717) is 10.8 Å². The van der Waals surface area contributed by atoms with Crippen LogP contribution in [0.25, 0.3) is 0 Å². The molecule has 0 amide bonds. The molecule has 0 spiro atoms. The predicted molar refractivity (Wildman–Crippen MR) is 52.3 cm³/mol. The molecule has 0 radical (unpaired) electrons. The minimum atomic E-state index is -0.376. The number of hydrogen-bond donors (Lipinski definition) is 1. The maximum absolute atomic E-state index is 12.8. The van der Waals surface area contributed by atoms with Crippen LogP contribution < -0.4 is 4.74 Å². The number of ether oxygens (including phenoxy) is 1. The molecule has 2 rings (SSSR count). The Morgan fingerprint density at radius 3 is 2.93 bits per heavy atom. The molecule has 1 heterocycles. The normalized spacial score (nSPS) is 10.3.